The van der Waals surface area contributed by atoms with Crippen LogP contribution < -0.4 is 10.6 Å². The summed E-state index contributed by atoms with van der Waals surface area (Å²) >= 11 is 3.39. The number of hydrogen-bond acceptors (Lipinski definition) is 4. The number of aryl methyl sites for hydroxylation is 2. The first-order chi connectivity index (χ1) is 13.2. The van der Waals surface area contributed by atoms with Crippen molar-refractivity contribution in [2.45, 2.75) is 24.7 Å². The van der Waals surface area contributed by atoms with Crippen molar-refractivity contribution in [2.75, 3.05) is 24.2 Å². The minimum atomic E-state index is -3.84. The summed E-state index contributed by atoms with van der Waals surface area (Å²) < 4.78 is 27.6. The Morgan fingerprint density at radius 3 is 2.68 bits per heavy atom. The Labute approximate surface area is 172 Å². The van der Waals surface area contributed by atoms with E-state index in [9.17, 15) is 18.0 Å². The number of nitrogens with one attached hydrogen (secondary N) is 2. The molecule has 3 rings (SSSR count). The van der Waals surface area contributed by atoms with Crippen LogP contribution in [0.1, 0.15) is 17.5 Å². The molecule has 0 bridgehead atoms. The largest absolute Gasteiger partial charge is 0.326 e. The van der Waals surface area contributed by atoms with Gasteiger partial charge in [-0.15, -0.1) is 0 Å². The van der Waals surface area contributed by atoms with Crippen LogP contribution in [0.15, 0.2) is 45.8 Å². The molecule has 2 N–H and O–H groups in total. The molecule has 1 aliphatic heterocycles. The third-order valence-electron chi connectivity index (χ3n) is 4.49. The minimum Gasteiger partial charge on any atom is -0.326 e. The maximum absolute atomic E-state index is 12.8. The number of nitrogens with zero attached hydrogens (tertiary/aromatic N) is 1. The summed E-state index contributed by atoms with van der Waals surface area (Å²) in [6.07, 6.45) is 0.805. The summed E-state index contributed by atoms with van der Waals surface area (Å²) in [5.41, 5.74) is 2.95. The van der Waals surface area contributed by atoms with Gasteiger partial charge in [-0.1, -0.05) is 15.9 Å². The number of amides is 2. The number of carbonyl (C=O) groups excluding carboxylic acids is 2. The number of halogens is 1. The van der Waals surface area contributed by atoms with Crippen molar-refractivity contribution >= 4 is 49.1 Å². The highest BCUT2D eigenvalue weighted by Gasteiger charge is 2.25. The van der Waals surface area contributed by atoms with Crippen molar-refractivity contribution < 1.29 is 18.0 Å². The molecule has 148 valence electrons. The molecule has 9 heteroatoms. The normalized spacial score (nSPS) is 13.8. The second kappa shape index (κ2) is 8.02. The first kappa shape index (κ1) is 20.5. The number of likely N-dealkylation sites (N-methyl/N-ethyl adjacent to an activating group) is 1. The molecular weight excluding hydrogens is 446 g/mol. The van der Waals surface area contributed by atoms with Crippen LogP contribution >= 0.6 is 15.9 Å². The minimum absolute atomic E-state index is 0.0833. The number of carbonyl (C=O) groups is 2. The summed E-state index contributed by atoms with van der Waals surface area (Å²) in [6.45, 7) is 1.58. The van der Waals surface area contributed by atoms with Gasteiger partial charge in [-0.05, 0) is 60.9 Å². The summed E-state index contributed by atoms with van der Waals surface area (Å²) in [7, 11) is -2.47. The van der Waals surface area contributed by atoms with E-state index in [0.29, 0.717) is 24.2 Å². The van der Waals surface area contributed by atoms with Gasteiger partial charge in [-0.25, -0.2) is 8.42 Å². The molecule has 2 amide bonds. The smallest absolute Gasteiger partial charge is 0.243 e. The highest BCUT2D eigenvalue weighted by atomic mass is 79.9. The molecule has 0 unspecified atom stereocenters. The first-order valence-corrected chi connectivity index (χ1v) is 10.9. The van der Waals surface area contributed by atoms with Crippen LogP contribution in [0, 0.1) is 6.92 Å². The Hall–Kier alpha value is -2.23. The van der Waals surface area contributed by atoms with Crippen molar-refractivity contribution in [2.24, 2.45) is 0 Å². The van der Waals surface area contributed by atoms with Gasteiger partial charge >= 0.3 is 0 Å². The Morgan fingerprint density at radius 1 is 1.21 bits per heavy atom. The maximum Gasteiger partial charge on any atom is 0.243 e. The van der Waals surface area contributed by atoms with Gasteiger partial charge in [0.1, 0.15) is 0 Å². The number of benzene rings is 2. The van der Waals surface area contributed by atoms with Crippen LogP contribution in [0.4, 0.5) is 11.4 Å². The van der Waals surface area contributed by atoms with Crippen molar-refractivity contribution in [3.63, 3.8) is 0 Å². The van der Waals surface area contributed by atoms with Crippen molar-refractivity contribution in [1.82, 2.24) is 4.31 Å². The zero-order valence-electron chi connectivity index (χ0n) is 15.5. The third-order valence-corrected chi connectivity index (χ3v) is 7.18. The predicted molar refractivity (Wildman–Crippen MR) is 111 cm³/mol. The van der Waals surface area contributed by atoms with E-state index in [1.807, 2.05) is 13.0 Å². The van der Waals surface area contributed by atoms with Crippen LogP contribution in [-0.4, -0.2) is 38.1 Å². The van der Waals surface area contributed by atoms with Gasteiger partial charge in [0.25, 0.3) is 0 Å². The molecule has 0 aliphatic carbocycles. The van der Waals surface area contributed by atoms with Gasteiger partial charge in [0, 0.05) is 29.3 Å². The Bertz CT molecular complexity index is 1050. The fraction of sp³-hybridized carbons (Fsp3) is 0.263. The van der Waals surface area contributed by atoms with Crippen LogP contribution in [0.25, 0.3) is 0 Å². The van der Waals surface area contributed by atoms with E-state index >= 15 is 0 Å². The summed E-state index contributed by atoms with van der Waals surface area (Å²) in [6, 6.07) is 9.92. The molecule has 1 aliphatic rings. The second-order valence-corrected chi connectivity index (χ2v) is 9.54. The molecule has 1 heterocycles. The average molecular weight is 466 g/mol. The number of rotatable bonds is 5. The quantitative estimate of drug-likeness (QED) is 0.709. The molecule has 2 aromatic carbocycles. The standard InChI is InChI=1S/C19H20BrN3O4S/c1-12-9-14(4-6-16(12)20)21-19(25)11-23(2)28(26,27)15-5-7-17-13(10-15)3-8-18(24)22-17/h4-7,9-10H,3,8,11H2,1-2H3,(H,21,25)(H,22,24). The molecule has 0 saturated carbocycles. The zero-order chi connectivity index (χ0) is 20.5. The molecule has 28 heavy (non-hydrogen) atoms. The van der Waals surface area contributed by atoms with E-state index in [-0.39, 0.29) is 17.3 Å². The zero-order valence-corrected chi connectivity index (χ0v) is 17.9. The highest BCUT2D eigenvalue weighted by Crippen LogP contribution is 2.26. The predicted octanol–water partition coefficient (Wildman–Crippen LogP) is 2.90. The van der Waals surface area contributed by atoms with Crippen LogP contribution in [0.5, 0.6) is 0 Å². The molecule has 0 aromatic heterocycles. The van der Waals surface area contributed by atoms with Gasteiger partial charge < -0.3 is 10.6 Å². The van der Waals surface area contributed by atoms with E-state index in [0.717, 1.165) is 19.9 Å². The SMILES string of the molecule is Cc1cc(NC(=O)CN(C)S(=O)(=O)c2ccc3c(c2)CCC(=O)N3)ccc1Br. The monoisotopic (exact) mass is 465 g/mol. The Morgan fingerprint density at radius 2 is 1.96 bits per heavy atom. The number of anilines is 2. The van der Waals surface area contributed by atoms with Crippen molar-refractivity contribution in [3.8, 4) is 0 Å². The van der Waals surface area contributed by atoms with Crippen LogP contribution in [0.3, 0.4) is 0 Å². The van der Waals surface area contributed by atoms with E-state index < -0.39 is 15.9 Å². The van der Waals surface area contributed by atoms with Gasteiger partial charge in [-0.3, -0.25) is 9.59 Å². The molecule has 0 radical (unpaired) electrons. The fourth-order valence-electron chi connectivity index (χ4n) is 2.91. The topological polar surface area (TPSA) is 95.6 Å². The molecule has 0 spiro atoms. The molecule has 0 fully saturated rings. The number of sulfonamides is 1. The molecular formula is C19H20BrN3O4S. The van der Waals surface area contributed by atoms with Gasteiger partial charge in [0.2, 0.25) is 21.8 Å². The average Bonchev–Trinajstić information content (AvgIpc) is 2.64. The van der Waals surface area contributed by atoms with E-state index in [1.54, 1.807) is 24.3 Å². The van der Waals surface area contributed by atoms with Crippen molar-refractivity contribution in [3.05, 3.63) is 52.0 Å². The molecule has 0 saturated heterocycles. The van der Waals surface area contributed by atoms with Crippen LogP contribution in [-0.2, 0) is 26.0 Å². The summed E-state index contributed by atoms with van der Waals surface area (Å²) in [5, 5.41) is 5.43. The molecule has 2 aromatic rings. The van der Waals surface area contributed by atoms with Gasteiger partial charge in [0.05, 0.1) is 11.4 Å². The summed E-state index contributed by atoms with van der Waals surface area (Å²) in [4.78, 5) is 23.8. The van der Waals surface area contributed by atoms with E-state index in [1.165, 1.54) is 13.1 Å². The van der Waals surface area contributed by atoms with Gasteiger partial charge in [0.15, 0.2) is 0 Å². The van der Waals surface area contributed by atoms with Crippen LogP contribution in [0.2, 0.25) is 0 Å². The molecule has 7 nitrogen and oxygen atoms in total. The Kier molecular flexibility index (Phi) is 5.87. The number of hydrogen-bond donors (Lipinski definition) is 2. The maximum atomic E-state index is 12.8. The lowest BCUT2D eigenvalue weighted by Gasteiger charge is -2.20. The van der Waals surface area contributed by atoms with Gasteiger partial charge in [-0.2, -0.15) is 4.31 Å². The van der Waals surface area contributed by atoms with E-state index in [4.69, 9.17) is 0 Å². The number of fused-ring (bicyclic) bond motifs is 1. The first-order valence-electron chi connectivity index (χ1n) is 8.62. The van der Waals surface area contributed by atoms with Crippen molar-refractivity contribution in [1.29, 1.82) is 0 Å². The highest BCUT2D eigenvalue weighted by molar-refractivity contribution is 9.10. The lowest BCUT2D eigenvalue weighted by molar-refractivity contribution is -0.117. The lowest BCUT2D eigenvalue weighted by atomic mass is 10.0. The summed E-state index contributed by atoms with van der Waals surface area (Å²) in [5.74, 6) is -0.516. The lowest BCUT2D eigenvalue weighted by Crippen LogP contribution is -2.35. The third kappa shape index (κ3) is 4.43. The molecule has 0 atom stereocenters. The fourth-order valence-corrected chi connectivity index (χ4v) is 4.34. The Balaban J connectivity index is 1.72. The van der Waals surface area contributed by atoms with E-state index in [2.05, 4.69) is 26.6 Å². The second-order valence-electron chi connectivity index (χ2n) is 6.64.